The van der Waals surface area contributed by atoms with Crippen molar-refractivity contribution in [2.45, 2.75) is 58.8 Å². The number of rotatable bonds is 5. The second kappa shape index (κ2) is 5.75. The molecule has 1 aliphatic carbocycles. The van der Waals surface area contributed by atoms with Crippen LogP contribution in [0.5, 0.6) is 0 Å². The van der Waals surface area contributed by atoms with Crippen molar-refractivity contribution < 1.29 is 0 Å². The Kier molecular flexibility index (Phi) is 4.94. The van der Waals surface area contributed by atoms with Crippen molar-refractivity contribution in [1.29, 1.82) is 0 Å². The summed E-state index contributed by atoms with van der Waals surface area (Å²) in [5, 5.41) is 3.43. The second-order valence-electron chi connectivity index (χ2n) is 4.97. The van der Waals surface area contributed by atoms with Crippen LogP contribution in [0.3, 0.4) is 0 Å². The summed E-state index contributed by atoms with van der Waals surface area (Å²) in [7, 11) is 2.11. The highest BCUT2D eigenvalue weighted by atomic mass is 14.8. The van der Waals surface area contributed by atoms with Gasteiger partial charge in [0.05, 0.1) is 0 Å². The molecule has 0 spiro atoms. The molecule has 1 saturated carbocycles. The highest BCUT2D eigenvalue weighted by Crippen LogP contribution is 2.44. The van der Waals surface area contributed by atoms with Crippen LogP contribution >= 0.6 is 0 Å². The highest BCUT2D eigenvalue weighted by Gasteiger charge is 2.36. The third-order valence-corrected chi connectivity index (χ3v) is 4.23. The van der Waals surface area contributed by atoms with E-state index in [0.717, 1.165) is 5.92 Å². The molecule has 0 unspecified atom stereocenters. The zero-order valence-electron chi connectivity index (χ0n) is 10.2. The number of nitrogens with one attached hydrogen (secondary N) is 1. The Morgan fingerprint density at radius 2 is 1.64 bits per heavy atom. The van der Waals surface area contributed by atoms with Crippen molar-refractivity contribution in [2.24, 2.45) is 11.3 Å². The van der Waals surface area contributed by atoms with Crippen LogP contribution < -0.4 is 5.32 Å². The van der Waals surface area contributed by atoms with Crippen LogP contribution in [0.2, 0.25) is 0 Å². The van der Waals surface area contributed by atoms with Crippen molar-refractivity contribution in [3.8, 4) is 0 Å². The molecular formula is C13H27N. The van der Waals surface area contributed by atoms with Crippen molar-refractivity contribution in [3.63, 3.8) is 0 Å². The summed E-state index contributed by atoms with van der Waals surface area (Å²) in [6, 6.07) is 0. The van der Waals surface area contributed by atoms with Gasteiger partial charge in [-0.25, -0.2) is 0 Å². The number of hydrogen-bond donors (Lipinski definition) is 1. The van der Waals surface area contributed by atoms with E-state index in [1.54, 1.807) is 0 Å². The van der Waals surface area contributed by atoms with Gasteiger partial charge in [-0.15, -0.1) is 0 Å². The summed E-state index contributed by atoms with van der Waals surface area (Å²) in [6.45, 7) is 5.96. The SMILES string of the molecule is CCC(CC)C1(CNC)CCCCC1. The quantitative estimate of drug-likeness (QED) is 0.710. The molecule has 0 aliphatic heterocycles. The van der Waals surface area contributed by atoms with Gasteiger partial charge < -0.3 is 5.32 Å². The molecule has 14 heavy (non-hydrogen) atoms. The van der Waals surface area contributed by atoms with Gasteiger partial charge in [0.15, 0.2) is 0 Å². The summed E-state index contributed by atoms with van der Waals surface area (Å²) in [6.07, 6.45) is 10.0. The Morgan fingerprint density at radius 3 is 2.07 bits per heavy atom. The van der Waals surface area contributed by atoms with E-state index in [1.165, 1.54) is 51.5 Å². The largest absolute Gasteiger partial charge is 0.319 e. The molecule has 1 rings (SSSR count). The summed E-state index contributed by atoms with van der Waals surface area (Å²) < 4.78 is 0. The average Bonchev–Trinajstić information content (AvgIpc) is 2.21. The molecule has 0 aromatic rings. The maximum absolute atomic E-state index is 3.43. The Labute approximate surface area is 89.7 Å². The van der Waals surface area contributed by atoms with Crippen LogP contribution in [0.1, 0.15) is 58.8 Å². The van der Waals surface area contributed by atoms with E-state index in [4.69, 9.17) is 0 Å². The lowest BCUT2D eigenvalue weighted by molar-refractivity contribution is 0.0896. The summed E-state index contributed by atoms with van der Waals surface area (Å²) >= 11 is 0. The van der Waals surface area contributed by atoms with Crippen molar-refractivity contribution in [1.82, 2.24) is 5.32 Å². The van der Waals surface area contributed by atoms with Crippen LogP contribution in [0.25, 0.3) is 0 Å². The minimum Gasteiger partial charge on any atom is -0.319 e. The standard InChI is InChI=1S/C13H27N/c1-4-12(5-2)13(11-14-3)9-7-6-8-10-13/h12,14H,4-11H2,1-3H3. The Hall–Kier alpha value is -0.0400. The maximum atomic E-state index is 3.43. The second-order valence-corrected chi connectivity index (χ2v) is 4.97. The Balaban J connectivity index is 2.67. The maximum Gasteiger partial charge on any atom is 0.000746 e. The van der Waals surface area contributed by atoms with Gasteiger partial charge in [0.25, 0.3) is 0 Å². The van der Waals surface area contributed by atoms with Crippen molar-refractivity contribution >= 4 is 0 Å². The predicted molar refractivity (Wildman–Crippen MR) is 63.5 cm³/mol. The molecule has 1 fully saturated rings. The monoisotopic (exact) mass is 197 g/mol. The van der Waals surface area contributed by atoms with E-state index in [2.05, 4.69) is 26.2 Å². The van der Waals surface area contributed by atoms with Gasteiger partial charge in [0, 0.05) is 6.54 Å². The zero-order chi connectivity index (χ0) is 10.4. The first kappa shape index (κ1) is 12.0. The van der Waals surface area contributed by atoms with Crippen LogP contribution in [-0.4, -0.2) is 13.6 Å². The molecule has 0 saturated heterocycles. The lowest BCUT2D eigenvalue weighted by atomic mass is 9.64. The molecule has 0 bridgehead atoms. The van der Waals surface area contributed by atoms with Crippen LogP contribution in [0.4, 0.5) is 0 Å². The van der Waals surface area contributed by atoms with E-state index >= 15 is 0 Å². The van der Waals surface area contributed by atoms with E-state index in [-0.39, 0.29) is 0 Å². The van der Waals surface area contributed by atoms with Gasteiger partial charge in [0.2, 0.25) is 0 Å². The fraction of sp³-hybridized carbons (Fsp3) is 1.00. The first-order valence-electron chi connectivity index (χ1n) is 6.43. The molecule has 0 aromatic heterocycles. The molecule has 1 N–H and O–H groups in total. The molecule has 0 heterocycles. The van der Waals surface area contributed by atoms with Crippen molar-refractivity contribution in [2.75, 3.05) is 13.6 Å². The lowest BCUT2D eigenvalue weighted by Crippen LogP contribution is -2.40. The van der Waals surface area contributed by atoms with Gasteiger partial charge >= 0.3 is 0 Å². The Morgan fingerprint density at radius 1 is 1.07 bits per heavy atom. The predicted octanol–water partition coefficient (Wildman–Crippen LogP) is 3.59. The summed E-state index contributed by atoms with van der Waals surface area (Å²) in [4.78, 5) is 0. The van der Waals surface area contributed by atoms with Gasteiger partial charge in [-0.3, -0.25) is 0 Å². The van der Waals surface area contributed by atoms with E-state index in [1.807, 2.05) is 0 Å². The molecule has 1 heteroatoms. The minimum atomic E-state index is 0.635. The van der Waals surface area contributed by atoms with E-state index in [9.17, 15) is 0 Å². The first-order valence-corrected chi connectivity index (χ1v) is 6.43. The third kappa shape index (κ3) is 2.50. The molecule has 0 atom stereocenters. The zero-order valence-corrected chi connectivity index (χ0v) is 10.2. The highest BCUT2D eigenvalue weighted by molar-refractivity contribution is 4.89. The van der Waals surface area contributed by atoms with Gasteiger partial charge in [-0.2, -0.15) is 0 Å². The van der Waals surface area contributed by atoms with Crippen LogP contribution in [0.15, 0.2) is 0 Å². The lowest BCUT2D eigenvalue weighted by Gasteiger charge is -2.43. The van der Waals surface area contributed by atoms with Crippen molar-refractivity contribution in [3.05, 3.63) is 0 Å². The average molecular weight is 197 g/mol. The minimum absolute atomic E-state index is 0.635. The molecule has 0 radical (unpaired) electrons. The number of hydrogen-bond acceptors (Lipinski definition) is 1. The van der Waals surface area contributed by atoms with E-state index in [0.29, 0.717) is 5.41 Å². The fourth-order valence-corrected chi connectivity index (χ4v) is 3.49. The van der Waals surface area contributed by atoms with Gasteiger partial charge in [0.1, 0.15) is 0 Å². The third-order valence-electron chi connectivity index (χ3n) is 4.23. The molecule has 1 nitrogen and oxygen atoms in total. The molecule has 1 aliphatic rings. The van der Waals surface area contributed by atoms with Gasteiger partial charge in [-0.1, -0.05) is 46.0 Å². The summed E-state index contributed by atoms with van der Waals surface area (Å²) in [5.41, 5.74) is 0.635. The van der Waals surface area contributed by atoms with Gasteiger partial charge in [-0.05, 0) is 31.2 Å². The normalized spacial score (nSPS) is 21.4. The fourth-order valence-electron chi connectivity index (χ4n) is 3.49. The molecule has 0 aromatic carbocycles. The Bertz CT molecular complexity index is 138. The first-order chi connectivity index (χ1) is 6.79. The van der Waals surface area contributed by atoms with Crippen LogP contribution in [-0.2, 0) is 0 Å². The summed E-state index contributed by atoms with van der Waals surface area (Å²) in [5.74, 6) is 0.940. The van der Waals surface area contributed by atoms with E-state index < -0.39 is 0 Å². The molecule has 0 amide bonds. The van der Waals surface area contributed by atoms with Crippen LogP contribution in [0, 0.1) is 11.3 Å². The molecule has 84 valence electrons. The molecular weight excluding hydrogens is 170 g/mol. The topological polar surface area (TPSA) is 12.0 Å². The smallest absolute Gasteiger partial charge is 0.000746 e.